The predicted octanol–water partition coefficient (Wildman–Crippen LogP) is -0.152. The molecule has 5 heteroatoms. The molecule has 0 aliphatic carbocycles. The lowest BCUT2D eigenvalue weighted by atomic mass is 10.2. The van der Waals surface area contributed by atoms with Crippen LogP contribution < -0.4 is 15.2 Å². The predicted molar refractivity (Wildman–Crippen MR) is 43.0 cm³/mol. The molecule has 0 aromatic carbocycles. The summed E-state index contributed by atoms with van der Waals surface area (Å²) in [6, 6.07) is 1.65. The summed E-state index contributed by atoms with van der Waals surface area (Å²) in [7, 11) is 0. The van der Waals surface area contributed by atoms with Gasteiger partial charge in [0.25, 0.3) is 5.88 Å². The Morgan fingerprint density at radius 1 is 1.62 bits per heavy atom. The Kier molecular flexibility index (Phi) is 1.77. The van der Waals surface area contributed by atoms with Gasteiger partial charge >= 0.3 is 0 Å². The van der Waals surface area contributed by atoms with Crippen molar-refractivity contribution in [1.82, 2.24) is 4.98 Å². The highest BCUT2D eigenvalue weighted by Crippen LogP contribution is 2.29. The molecule has 1 aliphatic heterocycles. The lowest BCUT2D eigenvalue weighted by Gasteiger charge is -1.97. The Bertz CT molecular complexity index is 351. The van der Waals surface area contributed by atoms with Crippen molar-refractivity contribution in [2.45, 2.75) is 0 Å². The van der Waals surface area contributed by atoms with E-state index in [-0.39, 0.29) is 6.79 Å². The van der Waals surface area contributed by atoms with E-state index in [1.807, 2.05) is 0 Å². The van der Waals surface area contributed by atoms with Crippen LogP contribution in [0.15, 0.2) is 12.3 Å². The number of nitrogens with two attached hydrogens (primary N) is 1. The van der Waals surface area contributed by atoms with Crippen molar-refractivity contribution in [3.8, 4) is 11.6 Å². The van der Waals surface area contributed by atoms with Crippen LogP contribution in [0.1, 0.15) is 5.56 Å². The minimum Gasteiger partial charge on any atom is -0.452 e. The van der Waals surface area contributed by atoms with Crippen LogP contribution in [0, 0.1) is 6.42 Å². The van der Waals surface area contributed by atoms with Crippen LogP contribution in [-0.2, 0) is 4.79 Å². The highest BCUT2D eigenvalue weighted by Gasteiger charge is 2.15. The zero-order chi connectivity index (χ0) is 9.26. The van der Waals surface area contributed by atoms with E-state index in [1.54, 1.807) is 6.07 Å². The summed E-state index contributed by atoms with van der Waals surface area (Å²) in [6.07, 6.45) is 2.77. The number of hydrogen-bond acceptors (Lipinski definition) is 4. The van der Waals surface area contributed by atoms with Crippen LogP contribution in [0.5, 0.6) is 11.6 Å². The first-order valence-corrected chi connectivity index (χ1v) is 3.65. The van der Waals surface area contributed by atoms with Crippen LogP contribution in [0.3, 0.4) is 0 Å². The first-order valence-electron chi connectivity index (χ1n) is 3.65. The summed E-state index contributed by atoms with van der Waals surface area (Å²) in [4.78, 5) is 14.5. The summed E-state index contributed by atoms with van der Waals surface area (Å²) in [5.41, 5.74) is 5.58. The third-order valence-electron chi connectivity index (χ3n) is 1.56. The molecule has 67 valence electrons. The molecule has 5 nitrogen and oxygen atoms in total. The molecule has 2 N–H and O–H groups in total. The number of carbonyl (C=O) groups is 1. The van der Waals surface area contributed by atoms with Gasteiger partial charge in [-0.2, -0.15) is 0 Å². The van der Waals surface area contributed by atoms with Crippen LogP contribution in [-0.4, -0.2) is 17.7 Å². The molecule has 0 atom stereocenters. The third kappa shape index (κ3) is 1.53. The van der Waals surface area contributed by atoms with Gasteiger partial charge in [-0.15, -0.1) is 0 Å². The van der Waals surface area contributed by atoms with Crippen molar-refractivity contribution in [3.05, 3.63) is 24.2 Å². The highest BCUT2D eigenvalue weighted by atomic mass is 16.7. The van der Waals surface area contributed by atoms with Crippen LogP contribution >= 0.6 is 0 Å². The lowest BCUT2D eigenvalue weighted by molar-refractivity contribution is -0.114. The van der Waals surface area contributed by atoms with Gasteiger partial charge in [0.2, 0.25) is 12.7 Å². The zero-order valence-corrected chi connectivity index (χ0v) is 6.69. The van der Waals surface area contributed by atoms with Crippen molar-refractivity contribution in [2.75, 3.05) is 6.79 Å². The number of aromatic nitrogens is 1. The summed E-state index contributed by atoms with van der Waals surface area (Å²) in [5, 5.41) is 0. The van der Waals surface area contributed by atoms with Gasteiger partial charge in [-0.25, -0.2) is 4.98 Å². The van der Waals surface area contributed by atoms with E-state index >= 15 is 0 Å². The number of rotatable bonds is 2. The minimum absolute atomic E-state index is 0.169. The van der Waals surface area contributed by atoms with Gasteiger partial charge < -0.3 is 15.2 Å². The van der Waals surface area contributed by atoms with Gasteiger partial charge in [0.15, 0.2) is 5.75 Å². The molecule has 0 spiro atoms. The van der Waals surface area contributed by atoms with Gasteiger partial charge in [0.05, 0.1) is 6.42 Å². The average Bonchev–Trinajstić information content (AvgIpc) is 2.49. The number of primary amides is 1. The number of ether oxygens (including phenoxy) is 2. The number of pyridine rings is 1. The topological polar surface area (TPSA) is 74.4 Å². The maximum atomic E-state index is 10.5. The molecular formula is C8H7N2O3. The minimum atomic E-state index is -0.513. The van der Waals surface area contributed by atoms with E-state index in [2.05, 4.69) is 4.98 Å². The zero-order valence-electron chi connectivity index (χ0n) is 6.69. The molecule has 13 heavy (non-hydrogen) atoms. The average molecular weight is 179 g/mol. The lowest BCUT2D eigenvalue weighted by Crippen LogP contribution is -2.11. The second kappa shape index (κ2) is 2.93. The Balaban J connectivity index is 2.25. The van der Waals surface area contributed by atoms with Crippen LogP contribution in [0.25, 0.3) is 0 Å². The van der Waals surface area contributed by atoms with E-state index in [4.69, 9.17) is 15.2 Å². The Hall–Kier alpha value is -1.78. The summed E-state index contributed by atoms with van der Waals surface area (Å²) in [6.45, 7) is 0.169. The molecule has 1 aromatic heterocycles. The van der Waals surface area contributed by atoms with Crippen molar-refractivity contribution in [2.24, 2.45) is 5.73 Å². The van der Waals surface area contributed by atoms with Gasteiger partial charge in [-0.3, -0.25) is 4.79 Å². The largest absolute Gasteiger partial charge is 0.452 e. The first-order chi connectivity index (χ1) is 6.25. The van der Waals surface area contributed by atoms with Crippen molar-refractivity contribution < 1.29 is 14.3 Å². The smallest absolute Gasteiger partial charge is 0.260 e. The molecule has 1 radical (unpaired) electrons. The quantitative estimate of drug-likeness (QED) is 0.685. The number of hydrogen-bond donors (Lipinski definition) is 1. The Morgan fingerprint density at radius 2 is 2.46 bits per heavy atom. The van der Waals surface area contributed by atoms with Gasteiger partial charge in [-0.1, -0.05) is 0 Å². The van der Waals surface area contributed by atoms with E-state index < -0.39 is 5.91 Å². The van der Waals surface area contributed by atoms with Crippen molar-refractivity contribution in [1.29, 1.82) is 0 Å². The summed E-state index contributed by atoms with van der Waals surface area (Å²) >= 11 is 0. The Labute approximate surface area is 74.5 Å². The fourth-order valence-electron chi connectivity index (χ4n) is 1.05. The molecular weight excluding hydrogens is 172 g/mol. The van der Waals surface area contributed by atoms with Crippen molar-refractivity contribution in [3.63, 3.8) is 0 Å². The summed E-state index contributed by atoms with van der Waals surface area (Å²) in [5.74, 6) is 0.470. The fraction of sp³-hybridized carbons (Fsp3) is 0.125. The molecule has 0 fully saturated rings. The maximum absolute atomic E-state index is 10.5. The Morgan fingerprint density at radius 3 is 3.23 bits per heavy atom. The highest BCUT2D eigenvalue weighted by molar-refractivity contribution is 5.86. The normalized spacial score (nSPS) is 12.9. The third-order valence-corrected chi connectivity index (χ3v) is 1.56. The van der Waals surface area contributed by atoms with Crippen molar-refractivity contribution >= 4 is 5.91 Å². The van der Waals surface area contributed by atoms with Gasteiger partial charge in [0.1, 0.15) is 0 Å². The van der Waals surface area contributed by atoms with E-state index in [1.165, 1.54) is 12.6 Å². The van der Waals surface area contributed by atoms with Crippen LogP contribution in [0.4, 0.5) is 0 Å². The van der Waals surface area contributed by atoms with E-state index in [0.29, 0.717) is 17.2 Å². The second-order valence-corrected chi connectivity index (χ2v) is 2.53. The molecule has 0 unspecified atom stereocenters. The van der Waals surface area contributed by atoms with Crippen LogP contribution in [0.2, 0.25) is 0 Å². The molecule has 0 saturated carbocycles. The molecule has 1 aliphatic rings. The number of fused-ring (bicyclic) bond motifs is 1. The van der Waals surface area contributed by atoms with Gasteiger partial charge in [-0.05, 0) is 11.6 Å². The van der Waals surface area contributed by atoms with Gasteiger partial charge in [0, 0.05) is 6.20 Å². The molecule has 0 saturated heterocycles. The number of carbonyl (C=O) groups excluding carboxylic acids is 1. The van der Waals surface area contributed by atoms with E-state index in [0.717, 1.165) is 0 Å². The molecule has 1 aromatic rings. The van der Waals surface area contributed by atoms with E-state index in [9.17, 15) is 4.79 Å². The fourth-order valence-corrected chi connectivity index (χ4v) is 1.05. The first kappa shape index (κ1) is 7.85. The molecule has 0 bridgehead atoms. The standard InChI is InChI=1S/C8H7N2O3/c9-7(11)2-5-1-6-8(10-3-5)13-4-12-6/h1-3H,4H2,(H2,9,11). The molecule has 2 rings (SSSR count). The second-order valence-electron chi connectivity index (χ2n) is 2.53. The molecule has 2 heterocycles. The molecule has 1 amide bonds. The maximum Gasteiger partial charge on any atom is 0.260 e. The SMILES string of the molecule is NC(=O)[CH]c1cnc2c(c1)OCO2. The number of nitrogens with zero attached hydrogens (tertiary/aromatic N) is 1. The summed E-state index contributed by atoms with van der Waals surface area (Å²) < 4.78 is 10.1. The monoisotopic (exact) mass is 179 g/mol. The number of amides is 1.